The molecule has 0 saturated heterocycles. The molecule has 2 aromatic rings. The van der Waals surface area contributed by atoms with Crippen molar-refractivity contribution in [1.29, 1.82) is 0 Å². The minimum atomic E-state index is -3.66. The summed E-state index contributed by atoms with van der Waals surface area (Å²) in [6.45, 7) is 5.59. The summed E-state index contributed by atoms with van der Waals surface area (Å²) >= 11 is 0. The van der Waals surface area contributed by atoms with Crippen molar-refractivity contribution in [2.45, 2.75) is 18.2 Å². The van der Waals surface area contributed by atoms with Crippen LogP contribution >= 0.6 is 0 Å². The number of ether oxygens (including phenoxy) is 1. The Labute approximate surface area is 148 Å². The first-order valence-corrected chi connectivity index (χ1v) is 9.22. The number of methoxy groups -OCH3 is 1. The van der Waals surface area contributed by atoms with Crippen molar-refractivity contribution in [3.8, 4) is 0 Å². The van der Waals surface area contributed by atoms with Crippen LogP contribution < -0.4 is 0 Å². The van der Waals surface area contributed by atoms with Gasteiger partial charge in [-0.1, -0.05) is 54.6 Å². The van der Waals surface area contributed by atoms with E-state index >= 15 is 0 Å². The van der Waals surface area contributed by atoms with Gasteiger partial charge in [-0.2, -0.15) is 0 Å². The first-order chi connectivity index (χ1) is 11.8. The third kappa shape index (κ3) is 4.90. The van der Waals surface area contributed by atoms with Gasteiger partial charge in [-0.3, -0.25) is 0 Å². The van der Waals surface area contributed by atoms with Crippen LogP contribution in [-0.2, 0) is 19.4 Å². The second-order valence-corrected chi connectivity index (χ2v) is 7.44. The molecule has 2 rings (SSSR count). The highest BCUT2D eigenvalue weighted by Gasteiger charge is 2.17. The molecule has 5 heteroatoms. The van der Waals surface area contributed by atoms with Gasteiger partial charge in [0.2, 0.25) is 0 Å². The molecule has 0 amide bonds. The van der Waals surface area contributed by atoms with E-state index in [9.17, 15) is 13.2 Å². The number of carbonyl (C=O) groups is 1. The maximum atomic E-state index is 12.7. The number of sulfone groups is 1. The summed E-state index contributed by atoms with van der Waals surface area (Å²) in [7, 11) is -2.39. The molecule has 0 saturated carbocycles. The van der Waals surface area contributed by atoms with Crippen molar-refractivity contribution in [3.63, 3.8) is 0 Å². The third-order valence-corrected chi connectivity index (χ3v) is 5.19. The Bertz CT molecular complexity index is 892. The SMILES string of the molecule is C=C(C/C(=C/S(=O)(=O)c1ccc(C)cc1)c1ccccc1)C(=O)OC. The Morgan fingerprint density at radius 2 is 1.68 bits per heavy atom. The van der Waals surface area contributed by atoms with Crippen molar-refractivity contribution >= 4 is 21.4 Å². The quantitative estimate of drug-likeness (QED) is 0.581. The normalized spacial score (nSPS) is 11.8. The van der Waals surface area contributed by atoms with E-state index in [1.54, 1.807) is 36.4 Å². The predicted molar refractivity (Wildman–Crippen MR) is 98.6 cm³/mol. The Kier molecular flexibility index (Phi) is 5.93. The molecule has 0 heterocycles. The second-order valence-electron chi connectivity index (χ2n) is 5.64. The van der Waals surface area contributed by atoms with Crippen LogP contribution in [0.3, 0.4) is 0 Å². The van der Waals surface area contributed by atoms with E-state index in [0.717, 1.165) is 5.56 Å². The number of allylic oxidation sites excluding steroid dienone is 1. The Morgan fingerprint density at radius 3 is 2.24 bits per heavy atom. The second kappa shape index (κ2) is 7.94. The van der Waals surface area contributed by atoms with E-state index in [1.165, 1.54) is 12.5 Å². The van der Waals surface area contributed by atoms with Crippen LogP contribution in [-0.4, -0.2) is 21.5 Å². The maximum absolute atomic E-state index is 12.7. The largest absolute Gasteiger partial charge is 0.466 e. The van der Waals surface area contributed by atoms with E-state index in [1.807, 2.05) is 25.1 Å². The molecule has 25 heavy (non-hydrogen) atoms. The highest BCUT2D eigenvalue weighted by molar-refractivity contribution is 7.94. The van der Waals surface area contributed by atoms with E-state index in [-0.39, 0.29) is 16.9 Å². The van der Waals surface area contributed by atoms with Gasteiger partial charge in [0.05, 0.1) is 12.0 Å². The minimum absolute atomic E-state index is 0.0851. The van der Waals surface area contributed by atoms with Crippen LogP contribution in [0.5, 0.6) is 0 Å². The molecule has 0 aliphatic rings. The molecule has 0 aromatic heterocycles. The van der Waals surface area contributed by atoms with Crippen molar-refractivity contribution < 1.29 is 17.9 Å². The van der Waals surface area contributed by atoms with Crippen LogP contribution in [0.4, 0.5) is 0 Å². The highest BCUT2D eigenvalue weighted by atomic mass is 32.2. The summed E-state index contributed by atoms with van der Waals surface area (Å²) < 4.78 is 30.1. The number of benzene rings is 2. The van der Waals surface area contributed by atoms with Gasteiger partial charge in [0, 0.05) is 17.4 Å². The molecule has 0 aliphatic carbocycles. The van der Waals surface area contributed by atoms with Crippen molar-refractivity contribution in [2.75, 3.05) is 7.11 Å². The average molecular weight is 356 g/mol. The lowest BCUT2D eigenvalue weighted by molar-refractivity contribution is -0.136. The molecule has 0 aliphatic heterocycles. The lowest BCUT2D eigenvalue weighted by Gasteiger charge is -2.10. The number of carbonyl (C=O) groups excluding carboxylic acids is 1. The predicted octanol–water partition coefficient (Wildman–Crippen LogP) is 3.93. The number of rotatable bonds is 6. The fraction of sp³-hybridized carbons (Fsp3) is 0.150. The zero-order chi connectivity index (χ0) is 18.4. The van der Waals surface area contributed by atoms with Gasteiger partial charge in [0.1, 0.15) is 0 Å². The average Bonchev–Trinajstić information content (AvgIpc) is 2.61. The smallest absolute Gasteiger partial charge is 0.333 e. The summed E-state index contributed by atoms with van der Waals surface area (Å²) in [6, 6.07) is 15.7. The van der Waals surface area contributed by atoms with Crippen LogP contribution in [0, 0.1) is 6.92 Å². The Hall–Kier alpha value is -2.66. The lowest BCUT2D eigenvalue weighted by atomic mass is 10.0. The molecule has 0 fully saturated rings. The standard InChI is InChI=1S/C20H20O4S/c1-15-9-11-19(12-10-15)25(22,23)14-18(13-16(2)20(21)24-3)17-7-5-4-6-8-17/h4-12,14H,2,13H2,1,3H3/b18-14-. The summed E-state index contributed by atoms with van der Waals surface area (Å²) in [4.78, 5) is 11.9. The van der Waals surface area contributed by atoms with Crippen LogP contribution in [0.25, 0.3) is 5.57 Å². The fourth-order valence-electron chi connectivity index (χ4n) is 2.29. The molecule has 2 aromatic carbocycles. The summed E-state index contributed by atoms with van der Waals surface area (Å²) in [6.07, 6.45) is 0.0851. The molecule has 0 spiro atoms. The van der Waals surface area contributed by atoms with Crippen LogP contribution in [0.15, 0.2) is 77.1 Å². The molecule has 4 nitrogen and oxygen atoms in total. The topological polar surface area (TPSA) is 60.4 Å². The minimum Gasteiger partial charge on any atom is -0.466 e. The van der Waals surface area contributed by atoms with Gasteiger partial charge in [-0.05, 0) is 30.2 Å². The van der Waals surface area contributed by atoms with Gasteiger partial charge >= 0.3 is 5.97 Å². The maximum Gasteiger partial charge on any atom is 0.333 e. The zero-order valence-corrected chi connectivity index (χ0v) is 15.0. The van der Waals surface area contributed by atoms with E-state index in [2.05, 4.69) is 11.3 Å². The number of hydrogen-bond acceptors (Lipinski definition) is 4. The molecule has 0 atom stereocenters. The molecule has 0 bridgehead atoms. The van der Waals surface area contributed by atoms with E-state index in [4.69, 9.17) is 0 Å². The molecule has 0 radical (unpaired) electrons. The van der Waals surface area contributed by atoms with Gasteiger partial charge in [-0.25, -0.2) is 13.2 Å². The summed E-state index contributed by atoms with van der Waals surface area (Å²) in [5.41, 5.74) is 2.36. The summed E-state index contributed by atoms with van der Waals surface area (Å²) in [5, 5.41) is 1.20. The molecule has 0 unspecified atom stereocenters. The first kappa shape index (κ1) is 18.7. The molecular weight excluding hydrogens is 336 g/mol. The number of esters is 1. The van der Waals surface area contributed by atoms with Gasteiger partial charge in [-0.15, -0.1) is 0 Å². The Balaban J connectivity index is 2.47. The van der Waals surface area contributed by atoms with Gasteiger partial charge in [0.25, 0.3) is 0 Å². The fourth-order valence-corrected chi connectivity index (χ4v) is 3.54. The van der Waals surface area contributed by atoms with Gasteiger partial charge in [0.15, 0.2) is 9.84 Å². The van der Waals surface area contributed by atoms with Crippen LogP contribution in [0.1, 0.15) is 17.5 Å². The van der Waals surface area contributed by atoms with Crippen molar-refractivity contribution in [1.82, 2.24) is 0 Å². The van der Waals surface area contributed by atoms with Crippen molar-refractivity contribution in [2.24, 2.45) is 0 Å². The zero-order valence-electron chi connectivity index (χ0n) is 14.2. The van der Waals surface area contributed by atoms with Crippen LogP contribution in [0.2, 0.25) is 0 Å². The van der Waals surface area contributed by atoms with Gasteiger partial charge < -0.3 is 4.74 Å². The lowest BCUT2D eigenvalue weighted by Crippen LogP contribution is -2.05. The molecule has 130 valence electrons. The van der Waals surface area contributed by atoms with E-state index in [0.29, 0.717) is 11.1 Å². The number of hydrogen-bond donors (Lipinski definition) is 0. The third-order valence-electron chi connectivity index (χ3n) is 3.67. The number of aryl methyl sites for hydroxylation is 1. The highest BCUT2D eigenvalue weighted by Crippen LogP contribution is 2.26. The van der Waals surface area contributed by atoms with Crippen molar-refractivity contribution in [3.05, 3.63) is 83.3 Å². The summed E-state index contributed by atoms with van der Waals surface area (Å²) in [5.74, 6) is -0.561. The Morgan fingerprint density at radius 1 is 1.08 bits per heavy atom. The molecular formula is C20H20O4S. The first-order valence-electron chi connectivity index (χ1n) is 7.67. The van der Waals surface area contributed by atoms with E-state index < -0.39 is 15.8 Å². The monoisotopic (exact) mass is 356 g/mol. The molecule has 0 N–H and O–H groups in total.